The molecule has 0 aromatic heterocycles. The summed E-state index contributed by atoms with van der Waals surface area (Å²) in [7, 11) is 7.53. The number of hydrazone groups is 1. The lowest BCUT2D eigenvalue weighted by atomic mass is 10.0. The van der Waals surface area contributed by atoms with Gasteiger partial charge in [0.25, 0.3) is 0 Å². The highest BCUT2D eigenvalue weighted by Gasteiger charge is 2.13. The molecule has 0 fully saturated rings. The number of carbonyl (C=O) groups is 1. The predicted octanol–water partition coefficient (Wildman–Crippen LogP) is 2.13. The van der Waals surface area contributed by atoms with Crippen LogP contribution in [0.2, 0.25) is 0 Å². The minimum atomic E-state index is 0.170. The Bertz CT molecular complexity index is 304. The van der Waals surface area contributed by atoms with E-state index in [-0.39, 0.29) is 5.78 Å². The van der Waals surface area contributed by atoms with E-state index in [1.165, 1.54) is 0 Å². The molecule has 0 bridgehead atoms. The van der Waals surface area contributed by atoms with Crippen molar-refractivity contribution in [2.45, 2.75) is 33.1 Å². The molecular formula is C13H25N3O. The van der Waals surface area contributed by atoms with Crippen molar-refractivity contribution >= 4 is 11.5 Å². The maximum Gasteiger partial charge on any atom is 0.166 e. The molecule has 98 valence electrons. The van der Waals surface area contributed by atoms with Crippen molar-refractivity contribution in [2.75, 3.05) is 28.2 Å². The number of allylic oxidation sites excluding steroid dienone is 1. The van der Waals surface area contributed by atoms with Crippen LogP contribution in [0.5, 0.6) is 0 Å². The van der Waals surface area contributed by atoms with Crippen LogP contribution in [0.15, 0.2) is 16.9 Å². The van der Waals surface area contributed by atoms with Gasteiger partial charge in [-0.1, -0.05) is 13.3 Å². The van der Waals surface area contributed by atoms with Crippen LogP contribution >= 0.6 is 0 Å². The largest absolute Gasteiger partial charge is 0.383 e. The Balaban J connectivity index is 4.95. The normalized spacial score (nSPS) is 12.6. The molecule has 0 amide bonds. The zero-order valence-corrected chi connectivity index (χ0v) is 11.9. The van der Waals surface area contributed by atoms with E-state index >= 15 is 0 Å². The van der Waals surface area contributed by atoms with E-state index in [2.05, 4.69) is 12.0 Å². The number of hydrogen-bond donors (Lipinski definition) is 0. The number of carbonyl (C=O) groups excluding carboxylic acids is 1. The van der Waals surface area contributed by atoms with Crippen molar-refractivity contribution in [3.63, 3.8) is 0 Å². The van der Waals surface area contributed by atoms with Gasteiger partial charge in [0.2, 0.25) is 0 Å². The zero-order valence-electron chi connectivity index (χ0n) is 11.9. The molecule has 4 nitrogen and oxygen atoms in total. The number of ketones is 1. The predicted molar refractivity (Wildman–Crippen MR) is 73.1 cm³/mol. The molecule has 0 aliphatic heterocycles. The van der Waals surface area contributed by atoms with Crippen molar-refractivity contribution in [3.05, 3.63) is 11.8 Å². The van der Waals surface area contributed by atoms with E-state index in [9.17, 15) is 4.79 Å². The van der Waals surface area contributed by atoms with Crippen molar-refractivity contribution < 1.29 is 4.79 Å². The second-order valence-electron chi connectivity index (χ2n) is 4.57. The first-order chi connectivity index (χ1) is 7.88. The summed E-state index contributed by atoms with van der Waals surface area (Å²) in [6.07, 6.45) is 4.40. The van der Waals surface area contributed by atoms with Gasteiger partial charge in [-0.2, -0.15) is 5.10 Å². The van der Waals surface area contributed by atoms with Crippen LogP contribution in [0, 0.1) is 0 Å². The summed E-state index contributed by atoms with van der Waals surface area (Å²) in [5.41, 5.74) is 1.47. The summed E-state index contributed by atoms with van der Waals surface area (Å²) in [5.74, 6) is 0.170. The number of Topliss-reactive ketones (excluding diaryl/α,β-unsaturated/α-hetero) is 1. The molecular weight excluding hydrogens is 214 g/mol. The van der Waals surface area contributed by atoms with E-state index in [4.69, 9.17) is 0 Å². The standard InChI is InChI=1S/C13H25N3O/c1-7-8-9-13(17)12(10-15(3)4)11(2)14-16(5)6/h10H,7-9H2,1-6H3/b12-10-,14-11+. The number of hydrogen-bond acceptors (Lipinski definition) is 4. The molecule has 0 aliphatic rings. The third-order valence-corrected chi connectivity index (χ3v) is 2.18. The van der Waals surface area contributed by atoms with Gasteiger partial charge in [0, 0.05) is 40.8 Å². The highest BCUT2D eigenvalue weighted by Crippen LogP contribution is 2.08. The molecule has 0 N–H and O–H groups in total. The quantitative estimate of drug-likeness (QED) is 0.388. The first kappa shape index (κ1) is 15.7. The van der Waals surface area contributed by atoms with Crippen molar-refractivity contribution in [3.8, 4) is 0 Å². The van der Waals surface area contributed by atoms with Gasteiger partial charge in [0.15, 0.2) is 5.78 Å². The number of nitrogens with zero attached hydrogens (tertiary/aromatic N) is 3. The monoisotopic (exact) mass is 239 g/mol. The summed E-state index contributed by atoms with van der Waals surface area (Å²) in [6.45, 7) is 3.96. The van der Waals surface area contributed by atoms with E-state index in [1.807, 2.05) is 46.2 Å². The van der Waals surface area contributed by atoms with Gasteiger partial charge >= 0.3 is 0 Å². The lowest BCUT2D eigenvalue weighted by Crippen LogP contribution is -2.17. The Morgan fingerprint density at radius 3 is 2.24 bits per heavy atom. The molecule has 0 atom stereocenters. The van der Waals surface area contributed by atoms with Gasteiger partial charge in [-0.05, 0) is 13.3 Å². The Kier molecular flexibility index (Phi) is 7.26. The average Bonchev–Trinajstić information content (AvgIpc) is 2.21. The second-order valence-corrected chi connectivity index (χ2v) is 4.57. The van der Waals surface area contributed by atoms with Gasteiger partial charge in [0.1, 0.15) is 0 Å². The first-order valence-electron chi connectivity index (χ1n) is 6.02. The van der Waals surface area contributed by atoms with Crippen molar-refractivity contribution in [2.24, 2.45) is 5.10 Å². The zero-order chi connectivity index (χ0) is 13.4. The fourth-order valence-corrected chi connectivity index (χ4v) is 1.45. The molecule has 0 radical (unpaired) electrons. The fourth-order valence-electron chi connectivity index (χ4n) is 1.45. The lowest BCUT2D eigenvalue weighted by Gasteiger charge is -2.13. The molecule has 0 unspecified atom stereocenters. The van der Waals surface area contributed by atoms with Crippen molar-refractivity contribution in [1.82, 2.24) is 9.91 Å². The molecule has 0 saturated carbocycles. The van der Waals surface area contributed by atoms with Gasteiger partial charge in [0.05, 0.1) is 11.3 Å². The summed E-state index contributed by atoms with van der Waals surface area (Å²) in [4.78, 5) is 13.9. The van der Waals surface area contributed by atoms with E-state index < -0.39 is 0 Å². The molecule has 0 aromatic carbocycles. The summed E-state index contributed by atoms with van der Waals surface area (Å²) in [6, 6.07) is 0. The smallest absolute Gasteiger partial charge is 0.166 e. The van der Waals surface area contributed by atoms with Gasteiger partial charge in [-0.25, -0.2) is 0 Å². The van der Waals surface area contributed by atoms with Crippen LogP contribution in [-0.2, 0) is 4.79 Å². The highest BCUT2D eigenvalue weighted by atomic mass is 16.1. The molecule has 4 heteroatoms. The minimum Gasteiger partial charge on any atom is -0.383 e. The molecule has 0 spiro atoms. The summed E-state index contributed by atoms with van der Waals surface area (Å²) < 4.78 is 0. The molecule has 17 heavy (non-hydrogen) atoms. The average molecular weight is 239 g/mol. The van der Waals surface area contributed by atoms with Crippen LogP contribution in [0.25, 0.3) is 0 Å². The van der Waals surface area contributed by atoms with E-state index in [0.717, 1.165) is 18.6 Å². The second kappa shape index (κ2) is 7.87. The summed E-state index contributed by atoms with van der Waals surface area (Å²) in [5, 5.41) is 6.01. The summed E-state index contributed by atoms with van der Waals surface area (Å²) >= 11 is 0. The van der Waals surface area contributed by atoms with Crippen LogP contribution in [0.1, 0.15) is 33.1 Å². The molecule has 0 aromatic rings. The molecule has 0 rings (SSSR count). The Morgan fingerprint density at radius 2 is 1.82 bits per heavy atom. The first-order valence-corrected chi connectivity index (χ1v) is 6.02. The fraction of sp³-hybridized carbons (Fsp3) is 0.692. The SMILES string of the molecule is CCCCC(=O)C(=C\N(C)C)/C(C)=N/N(C)C. The lowest BCUT2D eigenvalue weighted by molar-refractivity contribution is -0.115. The maximum absolute atomic E-state index is 12.1. The van der Waals surface area contributed by atoms with Crippen LogP contribution < -0.4 is 0 Å². The van der Waals surface area contributed by atoms with Crippen LogP contribution in [0.3, 0.4) is 0 Å². The molecule has 0 saturated heterocycles. The van der Waals surface area contributed by atoms with Crippen LogP contribution in [-0.4, -0.2) is 49.6 Å². The Morgan fingerprint density at radius 1 is 1.24 bits per heavy atom. The Hall–Kier alpha value is -1.32. The van der Waals surface area contributed by atoms with E-state index in [0.29, 0.717) is 12.0 Å². The van der Waals surface area contributed by atoms with Gasteiger partial charge in [-0.15, -0.1) is 0 Å². The maximum atomic E-state index is 12.1. The highest BCUT2D eigenvalue weighted by molar-refractivity contribution is 6.21. The van der Waals surface area contributed by atoms with Crippen LogP contribution in [0.4, 0.5) is 0 Å². The third kappa shape index (κ3) is 6.76. The minimum absolute atomic E-state index is 0.170. The number of rotatable bonds is 7. The van der Waals surface area contributed by atoms with Gasteiger partial charge < -0.3 is 9.91 Å². The molecule has 0 aliphatic carbocycles. The van der Waals surface area contributed by atoms with Gasteiger partial charge in [-0.3, -0.25) is 4.79 Å². The van der Waals surface area contributed by atoms with Crippen molar-refractivity contribution in [1.29, 1.82) is 0 Å². The number of unbranched alkanes of at least 4 members (excludes halogenated alkanes) is 1. The third-order valence-electron chi connectivity index (χ3n) is 2.18. The Labute approximate surface area is 105 Å². The molecule has 0 heterocycles. The van der Waals surface area contributed by atoms with E-state index in [1.54, 1.807) is 5.01 Å². The topological polar surface area (TPSA) is 35.9 Å².